The Morgan fingerprint density at radius 2 is 1.75 bits per heavy atom. The fraction of sp³-hybridized carbons (Fsp3) is 0.429. The van der Waals surface area contributed by atoms with Crippen molar-refractivity contribution in [2.24, 2.45) is 0 Å². The lowest BCUT2D eigenvalue weighted by molar-refractivity contribution is -0.126. The molecule has 7 heteroatoms. The maximum absolute atomic E-state index is 13.3. The fourth-order valence-electron chi connectivity index (χ4n) is 2.78. The zero-order chi connectivity index (χ0) is 20.7. The number of hydrogen-bond donors (Lipinski definition) is 2. The molecule has 1 aromatic heterocycles. The number of amides is 2. The Morgan fingerprint density at radius 1 is 1.11 bits per heavy atom. The van der Waals surface area contributed by atoms with Gasteiger partial charge in [-0.25, -0.2) is 4.39 Å². The van der Waals surface area contributed by atoms with Crippen molar-refractivity contribution >= 4 is 23.2 Å². The summed E-state index contributed by atoms with van der Waals surface area (Å²) in [5.41, 5.74) is 0.497. The fourth-order valence-corrected chi connectivity index (χ4v) is 3.58. The number of hydrogen-bond acceptors (Lipinski definition) is 4. The van der Waals surface area contributed by atoms with Crippen molar-refractivity contribution in [3.8, 4) is 0 Å². The Hall–Kier alpha value is -2.25. The molecule has 0 aliphatic heterocycles. The molecule has 2 amide bonds. The average molecular weight is 406 g/mol. The standard InChI is InChI=1S/C21H28FN3O2S/c1-5-25(14-19(27)24-21(2,3)4)13-18(26)23-20(17-7-6-12-28-17)15-8-10-16(22)11-9-15/h6-12,20H,5,13-14H2,1-4H3,(H,23,26)(H,24,27)/t20-/m0/s1. The molecule has 2 N–H and O–H groups in total. The van der Waals surface area contributed by atoms with Gasteiger partial charge in [-0.05, 0) is 56.5 Å². The molecular weight excluding hydrogens is 377 g/mol. The molecule has 5 nitrogen and oxygen atoms in total. The van der Waals surface area contributed by atoms with Crippen LogP contribution >= 0.6 is 11.3 Å². The largest absolute Gasteiger partial charge is 0.350 e. The average Bonchev–Trinajstić information content (AvgIpc) is 3.12. The van der Waals surface area contributed by atoms with E-state index in [4.69, 9.17) is 0 Å². The molecule has 1 heterocycles. The molecule has 28 heavy (non-hydrogen) atoms. The molecule has 1 aromatic carbocycles. The van der Waals surface area contributed by atoms with Crippen LogP contribution < -0.4 is 10.6 Å². The number of carbonyl (C=O) groups excluding carboxylic acids is 2. The van der Waals surface area contributed by atoms with Gasteiger partial charge < -0.3 is 10.6 Å². The maximum Gasteiger partial charge on any atom is 0.234 e. The quantitative estimate of drug-likeness (QED) is 0.708. The molecule has 0 aliphatic carbocycles. The van der Waals surface area contributed by atoms with Crippen molar-refractivity contribution in [3.05, 3.63) is 58.0 Å². The first-order valence-electron chi connectivity index (χ1n) is 9.29. The molecule has 0 bridgehead atoms. The van der Waals surface area contributed by atoms with E-state index >= 15 is 0 Å². The van der Waals surface area contributed by atoms with Crippen molar-refractivity contribution < 1.29 is 14.0 Å². The van der Waals surface area contributed by atoms with E-state index < -0.39 is 0 Å². The first kappa shape index (κ1) is 22.0. The van der Waals surface area contributed by atoms with E-state index in [-0.39, 0.29) is 42.3 Å². The van der Waals surface area contributed by atoms with Crippen molar-refractivity contribution in [3.63, 3.8) is 0 Å². The third-order valence-electron chi connectivity index (χ3n) is 4.03. The predicted octanol–water partition coefficient (Wildman–Crippen LogP) is 3.33. The minimum Gasteiger partial charge on any atom is -0.350 e. The van der Waals surface area contributed by atoms with E-state index in [1.54, 1.807) is 17.0 Å². The zero-order valence-corrected chi connectivity index (χ0v) is 17.6. The van der Waals surface area contributed by atoms with Gasteiger partial charge in [-0.3, -0.25) is 14.5 Å². The molecule has 152 valence electrons. The number of thiophene rings is 1. The highest BCUT2D eigenvalue weighted by molar-refractivity contribution is 7.10. The Labute approximate surface area is 169 Å². The number of rotatable bonds is 8. The highest BCUT2D eigenvalue weighted by atomic mass is 32.1. The summed E-state index contributed by atoms with van der Waals surface area (Å²) in [6.07, 6.45) is 0. The molecule has 0 radical (unpaired) electrons. The third kappa shape index (κ3) is 7.05. The minimum absolute atomic E-state index is 0.108. The second-order valence-corrected chi connectivity index (χ2v) is 8.65. The van der Waals surface area contributed by atoms with Crippen LogP contribution in [0.15, 0.2) is 41.8 Å². The van der Waals surface area contributed by atoms with Crippen LogP contribution in [0.3, 0.4) is 0 Å². The molecule has 0 fully saturated rings. The monoisotopic (exact) mass is 405 g/mol. The predicted molar refractivity (Wildman–Crippen MR) is 111 cm³/mol. The van der Waals surface area contributed by atoms with Crippen LogP contribution in [0.4, 0.5) is 4.39 Å². The second kappa shape index (κ2) is 9.80. The van der Waals surface area contributed by atoms with Crippen LogP contribution in [-0.2, 0) is 9.59 Å². The summed E-state index contributed by atoms with van der Waals surface area (Å²) in [7, 11) is 0. The number of benzene rings is 1. The van der Waals surface area contributed by atoms with Crippen LogP contribution in [-0.4, -0.2) is 41.9 Å². The Bertz CT molecular complexity index is 770. The second-order valence-electron chi connectivity index (χ2n) is 7.67. The number of carbonyl (C=O) groups is 2. The smallest absolute Gasteiger partial charge is 0.234 e. The summed E-state index contributed by atoms with van der Waals surface area (Å²) < 4.78 is 13.3. The SMILES string of the molecule is CCN(CC(=O)N[C@@H](c1ccc(F)cc1)c1cccs1)CC(=O)NC(C)(C)C. The molecule has 0 spiro atoms. The van der Waals surface area contributed by atoms with Crippen molar-refractivity contribution in [2.45, 2.75) is 39.3 Å². The van der Waals surface area contributed by atoms with E-state index in [1.165, 1.54) is 23.5 Å². The third-order valence-corrected chi connectivity index (χ3v) is 4.97. The van der Waals surface area contributed by atoms with Gasteiger partial charge in [-0.15, -0.1) is 11.3 Å². The highest BCUT2D eigenvalue weighted by Gasteiger charge is 2.21. The molecule has 1 atom stereocenters. The normalized spacial score (nSPS) is 12.6. The van der Waals surface area contributed by atoms with E-state index in [0.717, 1.165) is 10.4 Å². The van der Waals surface area contributed by atoms with Crippen molar-refractivity contribution in [2.75, 3.05) is 19.6 Å². The summed E-state index contributed by atoms with van der Waals surface area (Å²) in [6, 6.07) is 9.62. The molecule has 2 aromatic rings. The number of nitrogens with zero attached hydrogens (tertiary/aromatic N) is 1. The van der Waals surface area contributed by atoms with Crippen molar-refractivity contribution in [1.82, 2.24) is 15.5 Å². The van der Waals surface area contributed by atoms with Crippen LogP contribution in [0.1, 0.15) is 44.2 Å². The maximum atomic E-state index is 13.3. The van der Waals surface area contributed by atoms with Crippen LogP contribution in [0.5, 0.6) is 0 Å². The minimum atomic E-state index is -0.352. The number of nitrogens with one attached hydrogen (secondary N) is 2. The van der Waals surface area contributed by atoms with Crippen LogP contribution in [0.25, 0.3) is 0 Å². The van der Waals surface area contributed by atoms with E-state index in [9.17, 15) is 14.0 Å². The molecule has 0 unspecified atom stereocenters. The van der Waals surface area contributed by atoms with E-state index in [1.807, 2.05) is 45.2 Å². The highest BCUT2D eigenvalue weighted by Crippen LogP contribution is 2.26. The Balaban J connectivity index is 2.04. The van der Waals surface area contributed by atoms with Crippen LogP contribution in [0, 0.1) is 5.82 Å². The zero-order valence-electron chi connectivity index (χ0n) is 16.8. The van der Waals surface area contributed by atoms with Crippen molar-refractivity contribution in [1.29, 1.82) is 0 Å². The Kier molecular flexibility index (Phi) is 7.71. The van der Waals surface area contributed by atoms with Gasteiger partial charge in [-0.1, -0.05) is 25.1 Å². The van der Waals surface area contributed by atoms with Gasteiger partial charge in [0.05, 0.1) is 19.1 Å². The first-order valence-corrected chi connectivity index (χ1v) is 10.2. The topological polar surface area (TPSA) is 61.4 Å². The van der Waals surface area contributed by atoms with Gasteiger partial charge in [0, 0.05) is 10.4 Å². The molecule has 0 aliphatic rings. The van der Waals surface area contributed by atoms with Gasteiger partial charge in [0.1, 0.15) is 5.82 Å². The van der Waals surface area contributed by atoms with Gasteiger partial charge in [0.15, 0.2) is 0 Å². The van der Waals surface area contributed by atoms with Crippen LogP contribution in [0.2, 0.25) is 0 Å². The summed E-state index contributed by atoms with van der Waals surface area (Å²) >= 11 is 1.53. The summed E-state index contributed by atoms with van der Waals surface area (Å²) in [5, 5.41) is 7.86. The lowest BCUT2D eigenvalue weighted by Gasteiger charge is -2.25. The lowest BCUT2D eigenvalue weighted by Crippen LogP contribution is -2.48. The first-order chi connectivity index (χ1) is 13.2. The van der Waals surface area contributed by atoms with Gasteiger partial charge in [0.25, 0.3) is 0 Å². The van der Waals surface area contributed by atoms with Gasteiger partial charge >= 0.3 is 0 Å². The number of halogens is 1. The van der Waals surface area contributed by atoms with Gasteiger partial charge in [0.2, 0.25) is 11.8 Å². The molecule has 2 rings (SSSR count). The van der Waals surface area contributed by atoms with E-state index in [0.29, 0.717) is 6.54 Å². The van der Waals surface area contributed by atoms with E-state index in [2.05, 4.69) is 10.6 Å². The molecule has 0 saturated heterocycles. The Morgan fingerprint density at radius 3 is 2.29 bits per heavy atom. The lowest BCUT2D eigenvalue weighted by atomic mass is 10.1. The molecular formula is C21H28FN3O2S. The summed E-state index contributed by atoms with van der Waals surface area (Å²) in [4.78, 5) is 27.6. The summed E-state index contributed by atoms with van der Waals surface area (Å²) in [6.45, 7) is 8.50. The van der Waals surface area contributed by atoms with Gasteiger partial charge in [-0.2, -0.15) is 0 Å². The number of likely N-dealkylation sites (N-methyl/N-ethyl adjacent to an activating group) is 1. The molecule has 0 saturated carbocycles. The summed E-state index contributed by atoms with van der Waals surface area (Å²) in [5.74, 6) is -0.620.